The summed E-state index contributed by atoms with van der Waals surface area (Å²) in [7, 11) is 1.44. The van der Waals surface area contributed by atoms with E-state index in [0.29, 0.717) is 17.7 Å². The van der Waals surface area contributed by atoms with Crippen LogP contribution >= 0.6 is 0 Å². The van der Waals surface area contributed by atoms with Gasteiger partial charge in [-0.25, -0.2) is 13.2 Å². The third-order valence-corrected chi connectivity index (χ3v) is 3.22. The van der Waals surface area contributed by atoms with Crippen molar-refractivity contribution >= 4 is 17.5 Å². The van der Waals surface area contributed by atoms with Crippen LogP contribution in [-0.4, -0.2) is 18.9 Å². The Morgan fingerprint density at radius 3 is 2.17 bits per heavy atom. The van der Waals surface area contributed by atoms with E-state index in [1.165, 1.54) is 13.1 Å². The molecule has 120 valence electrons. The molecule has 0 fully saturated rings. The fourth-order valence-electron chi connectivity index (χ4n) is 2.08. The molecule has 0 aliphatic carbocycles. The second-order valence-corrected chi connectivity index (χ2v) is 4.78. The zero-order valence-corrected chi connectivity index (χ0v) is 12.3. The van der Waals surface area contributed by atoms with Gasteiger partial charge in [0, 0.05) is 12.6 Å². The number of amides is 2. The molecule has 0 aliphatic rings. The number of halogens is 3. The lowest BCUT2D eigenvalue weighted by molar-refractivity contribution is 0.0963. The van der Waals surface area contributed by atoms with E-state index in [1.807, 2.05) is 0 Å². The average Bonchev–Trinajstić information content (AvgIpc) is 2.51. The fraction of sp³-hybridized carbons (Fsp3) is 0.125. The number of benzene rings is 2. The minimum Gasteiger partial charge on any atom is -0.355 e. The van der Waals surface area contributed by atoms with Gasteiger partial charge < -0.3 is 10.6 Å². The van der Waals surface area contributed by atoms with Crippen LogP contribution in [0.15, 0.2) is 30.3 Å². The van der Waals surface area contributed by atoms with Crippen molar-refractivity contribution in [2.75, 3.05) is 12.4 Å². The van der Waals surface area contributed by atoms with E-state index in [0.717, 1.165) is 0 Å². The van der Waals surface area contributed by atoms with E-state index >= 15 is 0 Å². The Bertz CT molecular complexity index is 768. The molecule has 2 aromatic rings. The van der Waals surface area contributed by atoms with Gasteiger partial charge >= 0.3 is 0 Å². The van der Waals surface area contributed by atoms with Crippen molar-refractivity contribution in [1.82, 2.24) is 5.32 Å². The third kappa shape index (κ3) is 3.33. The van der Waals surface area contributed by atoms with Crippen LogP contribution in [0.4, 0.5) is 18.9 Å². The SMILES string of the molecule is CNC(=O)c1c(C)cccc1NC(=O)c1cc(F)c(F)c(F)c1. The minimum absolute atomic E-state index is 0.180. The predicted molar refractivity (Wildman–Crippen MR) is 78.8 cm³/mol. The molecule has 0 heterocycles. The minimum atomic E-state index is -1.65. The molecular weight excluding hydrogens is 309 g/mol. The summed E-state index contributed by atoms with van der Waals surface area (Å²) in [5, 5.41) is 4.84. The molecule has 0 atom stereocenters. The van der Waals surface area contributed by atoms with Gasteiger partial charge in [0.1, 0.15) is 0 Å². The van der Waals surface area contributed by atoms with Crippen LogP contribution in [0, 0.1) is 24.4 Å². The molecule has 7 heteroatoms. The van der Waals surface area contributed by atoms with Gasteiger partial charge in [-0.3, -0.25) is 9.59 Å². The lowest BCUT2D eigenvalue weighted by atomic mass is 10.1. The van der Waals surface area contributed by atoms with Crippen LogP contribution < -0.4 is 10.6 Å². The van der Waals surface area contributed by atoms with Crippen molar-refractivity contribution < 1.29 is 22.8 Å². The quantitative estimate of drug-likeness (QED) is 0.854. The molecule has 0 saturated heterocycles. The maximum atomic E-state index is 13.2. The first kappa shape index (κ1) is 16.5. The highest BCUT2D eigenvalue weighted by Gasteiger charge is 2.18. The molecule has 0 radical (unpaired) electrons. The van der Waals surface area contributed by atoms with Gasteiger partial charge in [0.15, 0.2) is 17.5 Å². The van der Waals surface area contributed by atoms with Crippen LogP contribution in [0.25, 0.3) is 0 Å². The van der Waals surface area contributed by atoms with Gasteiger partial charge in [-0.1, -0.05) is 12.1 Å². The molecule has 0 bridgehead atoms. The summed E-state index contributed by atoms with van der Waals surface area (Å²) in [4.78, 5) is 24.0. The standard InChI is InChI=1S/C16H13F3N2O2/c1-8-4-3-5-12(13(8)16(23)20-2)21-15(22)9-6-10(17)14(19)11(18)7-9/h3-7H,1-2H3,(H,20,23)(H,21,22). The highest BCUT2D eigenvalue weighted by Crippen LogP contribution is 2.21. The molecule has 2 amide bonds. The number of nitrogens with one attached hydrogen (secondary N) is 2. The first-order chi connectivity index (χ1) is 10.8. The maximum Gasteiger partial charge on any atom is 0.255 e. The van der Waals surface area contributed by atoms with Crippen molar-refractivity contribution in [2.24, 2.45) is 0 Å². The lowest BCUT2D eigenvalue weighted by Crippen LogP contribution is -2.22. The highest BCUT2D eigenvalue weighted by molar-refractivity contribution is 6.09. The summed E-state index contributed by atoms with van der Waals surface area (Å²) < 4.78 is 39.3. The topological polar surface area (TPSA) is 58.2 Å². The van der Waals surface area contributed by atoms with Crippen LogP contribution in [-0.2, 0) is 0 Å². The molecule has 0 aromatic heterocycles. The Kier molecular flexibility index (Phi) is 4.68. The van der Waals surface area contributed by atoms with Gasteiger partial charge in [0.25, 0.3) is 11.8 Å². The number of rotatable bonds is 3. The molecule has 0 aliphatic heterocycles. The van der Waals surface area contributed by atoms with E-state index in [4.69, 9.17) is 0 Å². The Balaban J connectivity index is 2.38. The summed E-state index contributed by atoms with van der Waals surface area (Å²) in [6.07, 6.45) is 0. The van der Waals surface area contributed by atoms with Gasteiger partial charge in [0.2, 0.25) is 0 Å². The van der Waals surface area contributed by atoms with E-state index < -0.39 is 34.8 Å². The molecule has 0 spiro atoms. The molecule has 0 unspecified atom stereocenters. The maximum absolute atomic E-state index is 13.2. The van der Waals surface area contributed by atoms with Crippen LogP contribution in [0.1, 0.15) is 26.3 Å². The van der Waals surface area contributed by atoms with Gasteiger partial charge in [0.05, 0.1) is 11.3 Å². The number of aryl methyl sites for hydroxylation is 1. The van der Waals surface area contributed by atoms with E-state index in [9.17, 15) is 22.8 Å². The van der Waals surface area contributed by atoms with Crippen molar-refractivity contribution in [3.05, 3.63) is 64.5 Å². The van der Waals surface area contributed by atoms with Crippen LogP contribution in [0.2, 0.25) is 0 Å². The summed E-state index contributed by atoms with van der Waals surface area (Å²) in [6, 6.07) is 5.94. The first-order valence-electron chi connectivity index (χ1n) is 6.62. The molecule has 2 N–H and O–H groups in total. The summed E-state index contributed by atoms with van der Waals surface area (Å²) in [5.74, 6) is -5.87. The second-order valence-electron chi connectivity index (χ2n) is 4.78. The summed E-state index contributed by atoms with van der Waals surface area (Å²) in [6.45, 7) is 1.68. The smallest absolute Gasteiger partial charge is 0.255 e. The molecular formula is C16H13F3N2O2. The van der Waals surface area contributed by atoms with Crippen molar-refractivity contribution in [1.29, 1.82) is 0 Å². The normalized spacial score (nSPS) is 10.3. The number of carbonyl (C=O) groups excluding carboxylic acids is 2. The Hall–Kier alpha value is -2.83. The largest absolute Gasteiger partial charge is 0.355 e. The fourth-order valence-corrected chi connectivity index (χ4v) is 2.08. The van der Waals surface area contributed by atoms with Crippen molar-refractivity contribution in [3.8, 4) is 0 Å². The number of anilines is 1. The second kappa shape index (κ2) is 6.51. The molecule has 4 nitrogen and oxygen atoms in total. The third-order valence-electron chi connectivity index (χ3n) is 3.22. The molecule has 2 aromatic carbocycles. The highest BCUT2D eigenvalue weighted by atomic mass is 19.2. The Morgan fingerprint density at radius 2 is 1.61 bits per heavy atom. The Morgan fingerprint density at radius 1 is 1.00 bits per heavy atom. The monoisotopic (exact) mass is 322 g/mol. The zero-order chi connectivity index (χ0) is 17.1. The van der Waals surface area contributed by atoms with Crippen LogP contribution in [0.3, 0.4) is 0 Å². The number of hydrogen-bond donors (Lipinski definition) is 2. The molecule has 23 heavy (non-hydrogen) atoms. The summed E-state index contributed by atoms with van der Waals surface area (Å²) in [5.41, 5.74) is 0.621. The zero-order valence-electron chi connectivity index (χ0n) is 12.3. The molecule has 0 saturated carbocycles. The van der Waals surface area contributed by atoms with Crippen LogP contribution in [0.5, 0.6) is 0 Å². The lowest BCUT2D eigenvalue weighted by Gasteiger charge is -2.13. The Labute approximate surface area is 130 Å². The van der Waals surface area contributed by atoms with Gasteiger partial charge in [-0.2, -0.15) is 0 Å². The number of hydrogen-bond acceptors (Lipinski definition) is 2. The first-order valence-corrected chi connectivity index (χ1v) is 6.62. The van der Waals surface area contributed by atoms with Gasteiger partial charge in [-0.15, -0.1) is 0 Å². The van der Waals surface area contributed by atoms with E-state index in [2.05, 4.69) is 10.6 Å². The predicted octanol–water partition coefficient (Wildman–Crippen LogP) is 3.02. The van der Waals surface area contributed by atoms with Crippen molar-refractivity contribution in [2.45, 2.75) is 6.92 Å². The van der Waals surface area contributed by atoms with Gasteiger partial charge in [-0.05, 0) is 30.7 Å². The number of carbonyl (C=O) groups is 2. The van der Waals surface area contributed by atoms with E-state index in [-0.39, 0.29) is 11.3 Å². The van der Waals surface area contributed by atoms with E-state index in [1.54, 1.807) is 19.1 Å². The molecule has 2 rings (SSSR count). The average molecular weight is 322 g/mol. The summed E-state index contributed by atoms with van der Waals surface area (Å²) >= 11 is 0. The van der Waals surface area contributed by atoms with Crippen molar-refractivity contribution in [3.63, 3.8) is 0 Å².